The van der Waals surface area contributed by atoms with Crippen molar-refractivity contribution in [2.24, 2.45) is 0 Å². The van der Waals surface area contributed by atoms with Crippen molar-refractivity contribution in [2.75, 3.05) is 17.3 Å². The van der Waals surface area contributed by atoms with Gasteiger partial charge in [0.25, 0.3) is 0 Å². The van der Waals surface area contributed by atoms with E-state index in [1.165, 1.54) is 63.5 Å². The van der Waals surface area contributed by atoms with Crippen LogP contribution in [-0.4, -0.2) is 22.0 Å². The third-order valence-electron chi connectivity index (χ3n) is 7.92. The summed E-state index contributed by atoms with van der Waals surface area (Å²) in [6.45, 7) is 0. The number of thioether (sulfide) groups is 2. The highest BCUT2D eigenvalue weighted by molar-refractivity contribution is 8.07. The molecular formula is C32H28S2. The molecule has 0 spiro atoms. The van der Waals surface area contributed by atoms with Crippen LogP contribution in [0.25, 0.3) is 22.3 Å². The second-order valence-electron chi connectivity index (χ2n) is 9.99. The number of benzene rings is 4. The summed E-state index contributed by atoms with van der Waals surface area (Å²) < 4.78 is 0.261. The van der Waals surface area contributed by atoms with Crippen molar-refractivity contribution in [3.63, 3.8) is 0 Å². The van der Waals surface area contributed by atoms with Crippen molar-refractivity contribution in [2.45, 2.75) is 30.4 Å². The SMILES string of the molecule is c1ccc2c(c1)Cc1c(CC3(Cc4cccc5c4Cc4ccccc4-5)CSCCS3)cccc1-2. The maximum atomic E-state index is 2.41. The van der Waals surface area contributed by atoms with E-state index >= 15 is 0 Å². The smallest absolute Gasteiger partial charge is 0.0331 e. The highest BCUT2D eigenvalue weighted by Gasteiger charge is 2.36. The molecule has 0 bridgehead atoms. The van der Waals surface area contributed by atoms with Crippen LogP contribution >= 0.6 is 23.5 Å². The zero-order valence-corrected chi connectivity index (χ0v) is 21.0. The fourth-order valence-electron chi connectivity index (χ4n) is 6.36. The van der Waals surface area contributed by atoms with Gasteiger partial charge in [0.15, 0.2) is 0 Å². The van der Waals surface area contributed by atoms with E-state index in [9.17, 15) is 0 Å². The Morgan fingerprint density at radius 2 is 1.09 bits per heavy atom. The van der Waals surface area contributed by atoms with Crippen LogP contribution in [0.2, 0.25) is 0 Å². The van der Waals surface area contributed by atoms with E-state index < -0.39 is 0 Å². The quantitative estimate of drug-likeness (QED) is 0.254. The van der Waals surface area contributed by atoms with Crippen LogP contribution in [-0.2, 0) is 25.7 Å². The van der Waals surface area contributed by atoms with E-state index in [1.54, 1.807) is 22.3 Å². The first-order valence-electron chi connectivity index (χ1n) is 12.4. The van der Waals surface area contributed by atoms with Crippen LogP contribution in [0.4, 0.5) is 0 Å². The van der Waals surface area contributed by atoms with Crippen molar-refractivity contribution in [3.8, 4) is 22.3 Å². The van der Waals surface area contributed by atoms with Crippen LogP contribution in [0.5, 0.6) is 0 Å². The number of fused-ring (bicyclic) bond motifs is 6. The van der Waals surface area contributed by atoms with E-state index in [2.05, 4.69) is 108 Å². The zero-order chi connectivity index (χ0) is 22.5. The Hall–Kier alpha value is -2.42. The van der Waals surface area contributed by atoms with Gasteiger partial charge in [-0.15, -0.1) is 0 Å². The molecule has 2 aliphatic carbocycles. The Morgan fingerprint density at radius 3 is 1.62 bits per heavy atom. The predicted molar refractivity (Wildman–Crippen MR) is 149 cm³/mol. The highest BCUT2D eigenvalue weighted by Crippen LogP contribution is 2.46. The molecule has 1 aliphatic heterocycles. The fourth-order valence-corrected chi connectivity index (χ4v) is 9.41. The van der Waals surface area contributed by atoms with E-state index in [4.69, 9.17) is 0 Å². The minimum Gasteiger partial charge on any atom is -0.160 e. The number of hydrogen-bond donors (Lipinski definition) is 0. The van der Waals surface area contributed by atoms with Crippen LogP contribution in [0.15, 0.2) is 84.9 Å². The monoisotopic (exact) mass is 476 g/mol. The maximum absolute atomic E-state index is 2.41. The van der Waals surface area contributed by atoms with Gasteiger partial charge in [-0.2, -0.15) is 23.5 Å². The molecule has 1 fully saturated rings. The lowest BCUT2D eigenvalue weighted by Gasteiger charge is -2.38. The molecule has 3 aliphatic rings. The van der Waals surface area contributed by atoms with Gasteiger partial charge in [-0.05, 0) is 81.3 Å². The topological polar surface area (TPSA) is 0 Å². The molecule has 0 amide bonds. The molecule has 4 aromatic rings. The summed E-state index contributed by atoms with van der Waals surface area (Å²) in [5.74, 6) is 3.78. The highest BCUT2D eigenvalue weighted by atomic mass is 32.2. The molecule has 0 nitrogen and oxygen atoms in total. The molecule has 168 valence electrons. The van der Waals surface area contributed by atoms with Gasteiger partial charge in [0.2, 0.25) is 0 Å². The summed E-state index contributed by atoms with van der Waals surface area (Å²) in [7, 11) is 0. The van der Waals surface area contributed by atoms with Gasteiger partial charge in [0.1, 0.15) is 0 Å². The lowest BCUT2D eigenvalue weighted by atomic mass is 9.87. The van der Waals surface area contributed by atoms with Gasteiger partial charge in [-0.1, -0.05) is 84.9 Å². The standard InChI is InChI=1S/C32H28S2/c1-3-11-26-22(7-1)17-30-24(9-5-13-28(26)30)19-32(21-33-15-16-34-32)20-25-10-6-14-29-27-12-4-2-8-23(27)18-31(25)29/h1-14H,15-21H2. The first-order chi connectivity index (χ1) is 16.8. The summed E-state index contributed by atoms with van der Waals surface area (Å²) in [5.41, 5.74) is 15.1. The molecule has 2 heteroatoms. The molecule has 0 N–H and O–H groups in total. The number of hydrogen-bond acceptors (Lipinski definition) is 2. The van der Waals surface area contributed by atoms with E-state index in [0.29, 0.717) is 0 Å². The average Bonchev–Trinajstić information content (AvgIpc) is 3.45. The normalized spacial score (nSPS) is 17.1. The van der Waals surface area contributed by atoms with Crippen molar-refractivity contribution >= 4 is 23.5 Å². The van der Waals surface area contributed by atoms with Crippen molar-refractivity contribution < 1.29 is 0 Å². The second-order valence-corrected chi connectivity index (χ2v) is 12.7. The molecule has 0 unspecified atom stereocenters. The Labute approximate surface area is 211 Å². The Bertz CT molecular complexity index is 1290. The van der Waals surface area contributed by atoms with Crippen LogP contribution in [0.3, 0.4) is 0 Å². The summed E-state index contributed by atoms with van der Waals surface area (Å²) in [4.78, 5) is 0. The Kier molecular flexibility index (Phi) is 5.14. The Morgan fingerprint density at radius 1 is 0.559 bits per heavy atom. The summed E-state index contributed by atoms with van der Waals surface area (Å²) in [5, 5.41) is 0. The molecule has 0 aromatic heterocycles. The first kappa shape index (κ1) is 20.9. The third-order valence-corrected chi connectivity index (χ3v) is 11.1. The van der Waals surface area contributed by atoms with E-state index in [-0.39, 0.29) is 4.75 Å². The lowest BCUT2D eigenvalue weighted by Crippen LogP contribution is -2.37. The van der Waals surface area contributed by atoms with E-state index in [0.717, 1.165) is 12.8 Å². The zero-order valence-electron chi connectivity index (χ0n) is 19.3. The molecule has 4 aromatic carbocycles. The molecule has 34 heavy (non-hydrogen) atoms. The van der Waals surface area contributed by atoms with Gasteiger partial charge >= 0.3 is 0 Å². The van der Waals surface area contributed by atoms with Gasteiger partial charge in [-0.3, -0.25) is 0 Å². The largest absolute Gasteiger partial charge is 0.160 e. The van der Waals surface area contributed by atoms with Gasteiger partial charge in [0.05, 0.1) is 0 Å². The molecule has 0 saturated carbocycles. The summed E-state index contributed by atoms with van der Waals surface area (Å²) in [6.07, 6.45) is 4.51. The van der Waals surface area contributed by atoms with Gasteiger partial charge in [0, 0.05) is 22.0 Å². The van der Waals surface area contributed by atoms with Gasteiger partial charge in [-0.25, -0.2) is 0 Å². The third kappa shape index (κ3) is 3.46. The van der Waals surface area contributed by atoms with Crippen LogP contribution in [0.1, 0.15) is 33.4 Å². The molecule has 1 heterocycles. The lowest BCUT2D eigenvalue weighted by molar-refractivity contribution is 0.637. The number of rotatable bonds is 4. The minimum atomic E-state index is 0.261. The van der Waals surface area contributed by atoms with Crippen molar-refractivity contribution in [1.82, 2.24) is 0 Å². The molecule has 0 atom stereocenters. The molecular weight excluding hydrogens is 448 g/mol. The van der Waals surface area contributed by atoms with Crippen molar-refractivity contribution in [1.29, 1.82) is 0 Å². The fraction of sp³-hybridized carbons (Fsp3) is 0.250. The van der Waals surface area contributed by atoms with E-state index in [1.807, 2.05) is 0 Å². The second kappa shape index (κ2) is 8.36. The van der Waals surface area contributed by atoms with Gasteiger partial charge < -0.3 is 0 Å². The summed E-state index contributed by atoms with van der Waals surface area (Å²) in [6, 6.07) is 32.1. The molecule has 7 rings (SSSR count). The predicted octanol–water partition coefficient (Wildman–Crippen LogP) is 7.83. The van der Waals surface area contributed by atoms with Crippen molar-refractivity contribution in [3.05, 3.63) is 118 Å². The van der Waals surface area contributed by atoms with Crippen LogP contribution < -0.4 is 0 Å². The Balaban J connectivity index is 1.25. The first-order valence-corrected chi connectivity index (χ1v) is 14.5. The molecule has 1 saturated heterocycles. The average molecular weight is 477 g/mol. The summed E-state index contributed by atoms with van der Waals surface area (Å²) >= 11 is 4.40. The maximum Gasteiger partial charge on any atom is 0.0331 e. The van der Waals surface area contributed by atoms with Crippen LogP contribution in [0, 0.1) is 0 Å². The minimum absolute atomic E-state index is 0.261. The molecule has 0 radical (unpaired) electrons.